The van der Waals surface area contributed by atoms with E-state index >= 15 is 0 Å². The number of amides is 1. The molecule has 1 aromatic carbocycles. The molecule has 0 bridgehead atoms. The van der Waals surface area contributed by atoms with E-state index in [0.29, 0.717) is 22.2 Å². The van der Waals surface area contributed by atoms with Gasteiger partial charge in [-0.3, -0.25) is 9.78 Å². The normalized spacial score (nSPS) is 17.2. The number of thioether (sulfide) groups is 1. The van der Waals surface area contributed by atoms with Crippen molar-refractivity contribution in [2.75, 3.05) is 11.5 Å². The highest BCUT2D eigenvalue weighted by atomic mass is 35.5. The average Bonchev–Trinajstić information content (AvgIpc) is 3.07. The lowest BCUT2D eigenvalue weighted by Crippen LogP contribution is -2.40. The second-order valence-corrected chi connectivity index (χ2v) is 7.39. The van der Waals surface area contributed by atoms with Crippen molar-refractivity contribution in [2.45, 2.75) is 19.0 Å². The van der Waals surface area contributed by atoms with Crippen LogP contribution in [-0.2, 0) is 6.54 Å². The van der Waals surface area contributed by atoms with Crippen LogP contribution in [-0.4, -0.2) is 33.3 Å². The molecule has 3 rings (SSSR count). The zero-order valence-electron chi connectivity index (χ0n) is 12.4. The highest BCUT2D eigenvalue weighted by molar-refractivity contribution is 7.99. The molecule has 1 aliphatic heterocycles. The molecule has 2 aromatic rings. The van der Waals surface area contributed by atoms with E-state index in [1.165, 1.54) is 0 Å². The summed E-state index contributed by atoms with van der Waals surface area (Å²) in [5, 5.41) is 0.915. The van der Waals surface area contributed by atoms with Gasteiger partial charge in [-0.25, -0.2) is 0 Å². The van der Waals surface area contributed by atoms with Crippen LogP contribution in [0.15, 0.2) is 42.6 Å². The fraction of sp³-hybridized carbons (Fsp3) is 0.294. The molecule has 1 amide bonds. The standard InChI is InChI=1S/C17H16Cl2N2OS/c18-12-4-5-15(16(19)9-12)17(22)21(14-6-8-23-11-14)10-13-3-1-2-7-20-13/h1-5,7,9,14H,6,8,10-11H2. The molecule has 1 saturated heterocycles. The van der Waals surface area contributed by atoms with Crippen LogP contribution in [0.5, 0.6) is 0 Å². The Balaban J connectivity index is 1.89. The van der Waals surface area contributed by atoms with Crippen LogP contribution in [0.1, 0.15) is 22.5 Å². The molecule has 1 fully saturated rings. The fourth-order valence-corrected chi connectivity index (χ4v) is 4.33. The topological polar surface area (TPSA) is 33.2 Å². The molecule has 2 heterocycles. The highest BCUT2D eigenvalue weighted by Gasteiger charge is 2.29. The van der Waals surface area contributed by atoms with E-state index in [-0.39, 0.29) is 11.9 Å². The van der Waals surface area contributed by atoms with Crippen molar-refractivity contribution >= 4 is 40.9 Å². The van der Waals surface area contributed by atoms with Crippen LogP contribution in [0.25, 0.3) is 0 Å². The summed E-state index contributed by atoms with van der Waals surface area (Å²) in [6, 6.07) is 11.0. The van der Waals surface area contributed by atoms with E-state index in [1.807, 2.05) is 34.9 Å². The maximum atomic E-state index is 13.0. The van der Waals surface area contributed by atoms with E-state index in [4.69, 9.17) is 23.2 Å². The van der Waals surface area contributed by atoms with Crippen LogP contribution in [0.2, 0.25) is 10.0 Å². The van der Waals surface area contributed by atoms with Gasteiger partial charge in [-0.1, -0.05) is 29.3 Å². The number of hydrogen-bond acceptors (Lipinski definition) is 3. The van der Waals surface area contributed by atoms with E-state index in [9.17, 15) is 4.79 Å². The molecule has 120 valence electrons. The number of halogens is 2. The van der Waals surface area contributed by atoms with Crippen LogP contribution in [0.4, 0.5) is 0 Å². The number of carbonyl (C=O) groups is 1. The van der Waals surface area contributed by atoms with Crippen molar-refractivity contribution in [1.82, 2.24) is 9.88 Å². The van der Waals surface area contributed by atoms with Gasteiger partial charge < -0.3 is 4.90 Å². The molecule has 0 N–H and O–H groups in total. The summed E-state index contributed by atoms with van der Waals surface area (Å²) in [6.07, 6.45) is 2.74. The number of carbonyl (C=O) groups excluding carboxylic acids is 1. The minimum Gasteiger partial charge on any atom is -0.329 e. The Kier molecular flexibility index (Phi) is 5.46. The van der Waals surface area contributed by atoms with Gasteiger partial charge in [0.2, 0.25) is 0 Å². The molecule has 23 heavy (non-hydrogen) atoms. The molecule has 0 radical (unpaired) electrons. The van der Waals surface area contributed by atoms with Gasteiger partial charge in [0.25, 0.3) is 5.91 Å². The number of rotatable bonds is 4. The Morgan fingerprint density at radius 1 is 1.30 bits per heavy atom. The summed E-state index contributed by atoms with van der Waals surface area (Å²) < 4.78 is 0. The number of aromatic nitrogens is 1. The Hall–Kier alpha value is -1.23. The molecule has 1 unspecified atom stereocenters. The maximum absolute atomic E-state index is 13.0. The van der Waals surface area contributed by atoms with Gasteiger partial charge >= 0.3 is 0 Å². The van der Waals surface area contributed by atoms with Crippen molar-refractivity contribution in [2.24, 2.45) is 0 Å². The number of benzene rings is 1. The van der Waals surface area contributed by atoms with Crippen LogP contribution in [0, 0.1) is 0 Å². The monoisotopic (exact) mass is 366 g/mol. The third kappa shape index (κ3) is 4.00. The first-order valence-electron chi connectivity index (χ1n) is 7.39. The van der Waals surface area contributed by atoms with Gasteiger partial charge in [0, 0.05) is 23.0 Å². The zero-order valence-corrected chi connectivity index (χ0v) is 14.7. The quantitative estimate of drug-likeness (QED) is 0.796. The van der Waals surface area contributed by atoms with E-state index in [2.05, 4.69) is 4.98 Å². The maximum Gasteiger partial charge on any atom is 0.256 e. The first kappa shape index (κ1) is 16.6. The number of hydrogen-bond donors (Lipinski definition) is 0. The molecule has 1 atom stereocenters. The Morgan fingerprint density at radius 3 is 2.83 bits per heavy atom. The number of pyridine rings is 1. The van der Waals surface area contributed by atoms with Crippen molar-refractivity contribution in [3.05, 3.63) is 63.9 Å². The molecule has 3 nitrogen and oxygen atoms in total. The minimum atomic E-state index is -0.0650. The number of nitrogens with zero attached hydrogens (tertiary/aromatic N) is 2. The van der Waals surface area contributed by atoms with Crippen LogP contribution >= 0.6 is 35.0 Å². The van der Waals surface area contributed by atoms with Crippen molar-refractivity contribution in [3.8, 4) is 0 Å². The Labute approximate surface area is 150 Å². The lowest BCUT2D eigenvalue weighted by Gasteiger charge is -2.28. The van der Waals surface area contributed by atoms with Crippen LogP contribution in [0.3, 0.4) is 0 Å². The molecule has 0 spiro atoms. The van der Waals surface area contributed by atoms with Gasteiger partial charge in [-0.2, -0.15) is 11.8 Å². The summed E-state index contributed by atoms with van der Waals surface area (Å²) in [5.74, 6) is 1.96. The van der Waals surface area contributed by atoms with Gasteiger partial charge in [-0.15, -0.1) is 0 Å². The second-order valence-electron chi connectivity index (χ2n) is 5.40. The predicted molar refractivity (Wildman–Crippen MR) is 96.3 cm³/mol. The minimum absolute atomic E-state index is 0.0650. The predicted octanol–water partition coefficient (Wildman–Crippen LogP) is 4.54. The molecular formula is C17H16Cl2N2OS. The largest absolute Gasteiger partial charge is 0.329 e. The van der Waals surface area contributed by atoms with Gasteiger partial charge in [0.05, 0.1) is 22.8 Å². The van der Waals surface area contributed by atoms with Crippen molar-refractivity contribution in [3.63, 3.8) is 0 Å². The fourth-order valence-electron chi connectivity index (χ4n) is 2.62. The van der Waals surface area contributed by atoms with E-state index < -0.39 is 0 Å². The van der Waals surface area contributed by atoms with Crippen LogP contribution < -0.4 is 0 Å². The van der Waals surface area contributed by atoms with Crippen molar-refractivity contribution < 1.29 is 4.79 Å². The van der Waals surface area contributed by atoms with E-state index in [1.54, 1.807) is 24.4 Å². The van der Waals surface area contributed by atoms with Gasteiger partial charge in [0.1, 0.15) is 0 Å². The van der Waals surface area contributed by atoms with E-state index in [0.717, 1.165) is 23.6 Å². The first-order chi connectivity index (χ1) is 11.1. The van der Waals surface area contributed by atoms with Crippen molar-refractivity contribution in [1.29, 1.82) is 0 Å². The summed E-state index contributed by atoms with van der Waals surface area (Å²) in [5.41, 5.74) is 1.37. The summed E-state index contributed by atoms with van der Waals surface area (Å²) in [7, 11) is 0. The second kappa shape index (κ2) is 7.56. The van der Waals surface area contributed by atoms with Gasteiger partial charge in [-0.05, 0) is 42.5 Å². The summed E-state index contributed by atoms with van der Waals surface area (Å²) in [4.78, 5) is 19.3. The first-order valence-corrected chi connectivity index (χ1v) is 9.30. The lowest BCUT2D eigenvalue weighted by atomic mass is 10.1. The molecule has 1 aromatic heterocycles. The molecule has 0 aliphatic carbocycles. The molecular weight excluding hydrogens is 351 g/mol. The summed E-state index contributed by atoms with van der Waals surface area (Å²) >= 11 is 14.0. The SMILES string of the molecule is O=C(c1ccc(Cl)cc1Cl)N(Cc1ccccn1)C1CCSC1. The van der Waals surface area contributed by atoms with Gasteiger partial charge in [0.15, 0.2) is 0 Å². The summed E-state index contributed by atoms with van der Waals surface area (Å²) in [6.45, 7) is 0.490. The smallest absolute Gasteiger partial charge is 0.256 e. The zero-order chi connectivity index (χ0) is 16.2. The molecule has 0 saturated carbocycles. The average molecular weight is 367 g/mol. The lowest BCUT2D eigenvalue weighted by molar-refractivity contribution is 0.0678. The third-order valence-corrected chi connectivity index (χ3v) is 5.52. The third-order valence-electron chi connectivity index (χ3n) is 3.83. The molecule has 6 heteroatoms. The Bertz CT molecular complexity index is 690. The molecule has 1 aliphatic rings. The highest BCUT2D eigenvalue weighted by Crippen LogP contribution is 2.28. The Morgan fingerprint density at radius 2 is 2.17 bits per heavy atom.